The second-order valence-corrected chi connectivity index (χ2v) is 5.75. The van der Waals surface area contributed by atoms with Crippen LogP contribution in [0.2, 0.25) is 5.02 Å². The Balaban J connectivity index is 2.12. The molecular weight excluding hydrogens is 329 g/mol. The fourth-order valence-electron chi connectivity index (χ4n) is 1.74. The van der Waals surface area contributed by atoms with E-state index in [0.717, 1.165) is 12.1 Å². The first-order chi connectivity index (χ1) is 9.77. The number of thioether (sulfide) groups is 1. The Morgan fingerprint density at radius 3 is 2.76 bits per heavy atom. The lowest BCUT2D eigenvalue weighted by molar-refractivity contribution is -0.137. The normalized spacial score (nSPS) is 19.0. The number of carbonyl (C=O) groups excluding carboxylic acids is 2. The number of nitrogens with one attached hydrogen (secondary N) is 2. The van der Waals surface area contributed by atoms with E-state index in [0.29, 0.717) is 5.75 Å². The SMILES string of the molecule is O=C1CSCC(C(=O)Nc2ccc(Cl)c(C(F)(F)F)c2)N1. The van der Waals surface area contributed by atoms with Gasteiger partial charge in [-0.25, -0.2) is 0 Å². The van der Waals surface area contributed by atoms with Crippen LogP contribution in [-0.4, -0.2) is 29.4 Å². The van der Waals surface area contributed by atoms with Crippen LogP contribution in [0.3, 0.4) is 0 Å². The van der Waals surface area contributed by atoms with E-state index < -0.39 is 28.7 Å². The Hall–Kier alpha value is -1.41. The van der Waals surface area contributed by atoms with E-state index in [9.17, 15) is 22.8 Å². The van der Waals surface area contributed by atoms with Crippen molar-refractivity contribution in [1.82, 2.24) is 5.32 Å². The van der Waals surface area contributed by atoms with Crippen molar-refractivity contribution in [3.05, 3.63) is 28.8 Å². The summed E-state index contributed by atoms with van der Waals surface area (Å²) in [6.45, 7) is 0. The molecule has 1 aromatic carbocycles. The van der Waals surface area contributed by atoms with Crippen LogP contribution in [0.5, 0.6) is 0 Å². The van der Waals surface area contributed by atoms with Gasteiger partial charge in [0.2, 0.25) is 11.8 Å². The lowest BCUT2D eigenvalue weighted by Crippen LogP contribution is -2.49. The van der Waals surface area contributed by atoms with Crippen molar-refractivity contribution in [2.45, 2.75) is 12.2 Å². The monoisotopic (exact) mass is 338 g/mol. The van der Waals surface area contributed by atoms with Crippen molar-refractivity contribution >= 4 is 40.9 Å². The smallest absolute Gasteiger partial charge is 0.343 e. The van der Waals surface area contributed by atoms with E-state index in [1.54, 1.807) is 0 Å². The summed E-state index contributed by atoms with van der Waals surface area (Å²) >= 11 is 6.78. The third-order valence-electron chi connectivity index (χ3n) is 2.71. The minimum absolute atomic E-state index is 0.0263. The molecule has 0 spiro atoms. The molecule has 1 aliphatic heterocycles. The number of alkyl halides is 3. The number of carbonyl (C=O) groups is 2. The highest BCUT2D eigenvalue weighted by Gasteiger charge is 2.33. The zero-order valence-corrected chi connectivity index (χ0v) is 12.0. The molecule has 2 N–H and O–H groups in total. The van der Waals surface area contributed by atoms with Crippen LogP contribution >= 0.6 is 23.4 Å². The molecule has 21 heavy (non-hydrogen) atoms. The molecule has 1 atom stereocenters. The van der Waals surface area contributed by atoms with Crippen molar-refractivity contribution in [2.75, 3.05) is 16.8 Å². The van der Waals surface area contributed by atoms with Gasteiger partial charge in [-0.3, -0.25) is 9.59 Å². The predicted molar refractivity (Wildman–Crippen MR) is 74.3 cm³/mol. The van der Waals surface area contributed by atoms with E-state index >= 15 is 0 Å². The number of halogens is 4. The van der Waals surface area contributed by atoms with Gasteiger partial charge in [0.05, 0.1) is 16.3 Å². The van der Waals surface area contributed by atoms with E-state index in [1.165, 1.54) is 17.8 Å². The number of hydrogen-bond acceptors (Lipinski definition) is 3. The molecule has 0 bridgehead atoms. The molecule has 4 nitrogen and oxygen atoms in total. The molecule has 1 heterocycles. The summed E-state index contributed by atoms with van der Waals surface area (Å²) in [5, 5.41) is 4.38. The van der Waals surface area contributed by atoms with Gasteiger partial charge in [0.15, 0.2) is 0 Å². The maximum absolute atomic E-state index is 12.7. The molecule has 1 aromatic rings. The molecule has 0 aromatic heterocycles. The first-order valence-electron chi connectivity index (χ1n) is 5.82. The molecule has 0 aliphatic carbocycles. The Labute approximate surface area is 127 Å². The van der Waals surface area contributed by atoms with E-state index in [-0.39, 0.29) is 17.3 Å². The summed E-state index contributed by atoms with van der Waals surface area (Å²) < 4.78 is 38.1. The van der Waals surface area contributed by atoms with Gasteiger partial charge in [0, 0.05) is 11.4 Å². The highest BCUT2D eigenvalue weighted by Crippen LogP contribution is 2.36. The summed E-state index contributed by atoms with van der Waals surface area (Å²) in [6.07, 6.45) is -4.60. The van der Waals surface area contributed by atoms with Gasteiger partial charge in [-0.15, -0.1) is 11.8 Å². The third-order valence-corrected chi connectivity index (χ3v) is 4.07. The van der Waals surface area contributed by atoms with Crippen LogP contribution in [0.1, 0.15) is 5.56 Å². The Bertz CT molecular complexity index is 580. The lowest BCUT2D eigenvalue weighted by atomic mass is 10.2. The van der Waals surface area contributed by atoms with Crippen molar-refractivity contribution in [3.8, 4) is 0 Å². The number of anilines is 1. The van der Waals surface area contributed by atoms with Crippen molar-refractivity contribution in [1.29, 1.82) is 0 Å². The van der Waals surface area contributed by atoms with Gasteiger partial charge in [0.1, 0.15) is 6.04 Å². The number of hydrogen-bond donors (Lipinski definition) is 2. The third kappa shape index (κ3) is 4.04. The van der Waals surface area contributed by atoms with Gasteiger partial charge in [-0.05, 0) is 18.2 Å². The standard InChI is InChI=1S/C12H10ClF3N2O2S/c13-8-2-1-6(3-7(8)12(14,15)16)17-11(20)9-4-21-5-10(19)18-9/h1-3,9H,4-5H2,(H,17,20)(H,18,19). The molecule has 0 radical (unpaired) electrons. The molecule has 1 unspecified atom stereocenters. The second-order valence-electron chi connectivity index (χ2n) is 4.32. The molecule has 1 saturated heterocycles. The van der Waals surface area contributed by atoms with E-state index in [4.69, 9.17) is 11.6 Å². The minimum atomic E-state index is -4.60. The van der Waals surface area contributed by atoms with Crippen LogP contribution in [0.15, 0.2) is 18.2 Å². The first-order valence-corrected chi connectivity index (χ1v) is 7.35. The Morgan fingerprint density at radius 2 is 2.14 bits per heavy atom. The quantitative estimate of drug-likeness (QED) is 0.871. The van der Waals surface area contributed by atoms with Gasteiger partial charge in [-0.2, -0.15) is 13.2 Å². The van der Waals surface area contributed by atoms with Gasteiger partial charge < -0.3 is 10.6 Å². The van der Waals surface area contributed by atoms with Gasteiger partial charge >= 0.3 is 6.18 Å². The zero-order chi connectivity index (χ0) is 15.6. The molecule has 1 aliphatic rings. The van der Waals surface area contributed by atoms with Crippen LogP contribution in [0, 0.1) is 0 Å². The molecule has 1 fully saturated rings. The fraction of sp³-hybridized carbons (Fsp3) is 0.333. The average Bonchev–Trinajstić information content (AvgIpc) is 2.39. The molecule has 114 valence electrons. The fourth-order valence-corrected chi connectivity index (χ4v) is 2.82. The van der Waals surface area contributed by atoms with Crippen LogP contribution in [0.4, 0.5) is 18.9 Å². The Kier molecular flexibility index (Phi) is 4.67. The summed E-state index contributed by atoms with van der Waals surface area (Å²) in [5.41, 5.74) is -1.05. The van der Waals surface area contributed by atoms with Gasteiger partial charge in [0.25, 0.3) is 0 Å². The lowest BCUT2D eigenvalue weighted by Gasteiger charge is -2.22. The van der Waals surface area contributed by atoms with E-state index in [2.05, 4.69) is 10.6 Å². The van der Waals surface area contributed by atoms with E-state index in [1.807, 2.05) is 0 Å². The molecule has 2 rings (SSSR count). The van der Waals surface area contributed by atoms with Crippen LogP contribution in [-0.2, 0) is 15.8 Å². The van der Waals surface area contributed by atoms with Crippen molar-refractivity contribution in [2.24, 2.45) is 0 Å². The molecule has 0 saturated carbocycles. The highest BCUT2D eigenvalue weighted by molar-refractivity contribution is 8.00. The second kappa shape index (κ2) is 6.15. The summed E-state index contributed by atoms with van der Waals surface area (Å²) in [6, 6.07) is 2.33. The number of benzene rings is 1. The predicted octanol–water partition coefficient (Wildman–Crippen LogP) is 2.53. The number of rotatable bonds is 2. The maximum atomic E-state index is 12.7. The largest absolute Gasteiger partial charge is 0.417 e. The van der Waals surface area contributed by atoms with Crippen LogP contribution in [0.25, 0.3) is 0 Å². The maximum Gasteiger partial charge on any atom is 0.417 e. The molecule has 9 heteroatoms. The molecule has 2 amide bonds. The zero-order valence-electron chi connectivity index (χ0n) is 10.5. The van der Waals surface area contributed by atoms with Crippen molar-refractivity contribution in [3.63, 3.8) is 0 Å². The van der Waals surface area contributed by atoms with Crippen molar-refractivity contribution < 1.29 is 22.8 Å². The summed E-state index contributed by atoms with van der Waals surface area (Å²) in [4.78, 5) is 23.1. The van der Waals surface area contributed by atoms with Gasteiger partial charge in [-0.1, -0.05) is 11.6 Å². The summed E-state index contributed by atoms with van der Waals surface area (Å²) in [7, 11) is 0. The topological polar surface area (TPSA) is 58.2 Å². The summed E-state index contributed by atoms with van der Waals surface area (Å²) in [5.74, 6) is -0.204. The highest BCUT2D eigenvalue weighted by atomic mass is 35.5. The average molecular weight is 339 g/mol. The minimum Gasteiger partial charge on any atom is -0.343 e. The van der Waals surface area contributed by atoms with Crippen LogP contribution < -0.4 is 10.6 Å². The first kappa shape index (κ1) is 16.0. The molecular formula is C12H10ClF3N2O2S. The Morgan fingerprint density at radius 1 is 1.43 bits per heavy atom. The number of amides is 2.